The summed E-state index contributed by atoms with van der Waals surface area (Å²) in [4.78, 5) is 22.1. The van der Waals surface area contributed by atoms with E-state index in [1.54, 1.807) is 12.4 Å². The van der Waals surface area contributed by atoms with Crippen LogP contribution in [0.5, 0.6) is 5.75 Å². The Morgan fingerprint density at radius 2 is 1.88 bits per heavy atom. The number of hydrogen-bond donors (Lipinski definition) is 0. The van der Waals surface area contributed by atoms with Crippen molar-refractivity contribution >= 4 is 23.4 Å². The molecule has 6 nitrogen and oxygen atoms in total. The van der Waals surface area contributed by atoms with Gasteiger partial charge in [0.05, 0.1) is 11.7 Å². The minimum absolute atomic E-state index is 0.462. The molecule has 0 bridgehead atoms. The number of carbonyl (C=O) groups is 1. The number of carbonyl (C=O) groups excluding carboxylic acids is 1. The van der Waals surface area contributed by atoms with Gasteiger partial charge in [0.25, 0.3) is 0 Å². The molecular formula is C25H27ClN3O3-. The van der Waals surface area contributed by atoms with E-state index in [0.717, 1.165) is 53.2 Å². The number of hydrogen-bond acceptors (Lipinski definition) is 6. The van der Waals surface area contributed by atoms with Crippen molar-refractivity contribution in [2.45, 2.75) is 40.2 Å². The van der Waals surface area contributed by atoms with Crippen molar-refractivity contribution in [1.82, 2.24) is 9.97 Å². The Hall–Kier alpha value is -3.12. The van der Waals surface area contributed by atoms with Crippen LogP contribution in [-0.4, -0.2) is 29.1 Å². The fourth-order valence-corrected chi connectivity index (χ4v) is 3.72. The molecule has 0 fully saturated rings. The van der Waals surface area contributed by atoms with Gasteiger partial charge in [-0.1, -0.05) is 49.2 Å². The lowest BCUT2D eigenvalue weighted by atomic mass is 10.1. The molecule has 0 atom stereocenters. The van der Waals surface area contributed by atoms with Crippen LogP contribution in [0.25, 0.3) is 11.3 Å². The average Bonchev–Trinajstić information content (AvgIpc) is 2.77. The molecule has 3 aromatic rings. The maximum Gasteiger partial charge on any atom is 0.135 e. The van der Waals surface area contributed by atoms with E-state index in [1.807, 2.05) is 50.2 Å². The molecule has 0 aliphatic carbocycles. The lowest BCUT2D eigenvalue weighted by Gasteiger charge is -2.26. The van der Waals surface area contributed by atoms with Gasteiger partial charge in [-0.05, 0) is 49.6 Å². The van der Waals surface area contributed by atoms with Gasteiger partial charge in [0.2, 0.25) is 0 Å². The van der Waals surface area contributed by atoms with Crippen LogP contribution in [0.1, 0.15) is 36.5 Å². The molecule has 0 saturated carbocycles. The molecule has 1 aromatic heterocycles. The van der Waals surface area contributed by atoms with Gasteiger partial charge in [-0.25, -0.2) is 9.97 Å². The topological polar surface area (TPSA) is 78.4 Å². The summed E-state index contributed by atoms with van der Waals surface area (Å²) >= 11 is 6.05. The lowest BCUT2D eigenvalue weighted by molar-refractivity contribution is -0.307. The first kappa shape index (κ1) is 23.5. The third-order valence-corrected chi connectivity index (χ3v) is 5.47. The van der Waals surface area contributed by atoms with Crippen LogP contribution in [0.2, 0.25) is 5.02 Å². The second kappa shape index (κ2) is 11.0. The van der Waals surface area contributed by atoms with Gasteiger partial charge in [0.15, 0.2) is 0 Å². The second-order valence-electron chi connectivity index (χ2n) is 7.71. The van der Waals surface area contributed by atoms with Gasteiger partial charge in [-0.3, -0.25) is 0 Å². The Morgan fingerprint density at radius 1 is 1.12 bits per heavy atom. The number of nitrogens with zero attached hydrogens (tertiary/aromatic N) is 3. The zero-order valence-corrected chi connectivity index (χ0v) is 19.4. The Balaban J connectivity index is 1.88. The first-order valence-corrected chi connectivity index (χ1v) is 11.0. The van der Waals surface area contributed by atoms with E-state index in [-0.39, 0.29) is 0 Å². The molecule has 0 aliphatic rings. The molecule has 32 heavy (non-hydrogen) atoms. The van der Waals surface area contributed by atoms with E-state index in [1.165, 1.54) is 0 Å². The summed E-state index contributed by atoms with van der Waals surface area (Å²) in [6, 6.07) is 13.4. The number of anilines is 1. The van der Waals surface area contributed by atoms with Gasteiger partial charge >= 0.3 is 0 Å². The van der Waals surface area contributed by atoms with E-state index in [9.17, 15) is 9.90 Å². The Labute approximate surface area is 193 Å². The van der Waals surface area contributed by atoms with Gasteiger partial charge in [-0.15, -0.1) is 0 Å². The Kier molecular flexibility index (Phi) is 8.06. The third kappa shape index (κ3) is 5.98. The highest BCUT2D eigenvalue weighted by Crippen LogP contribution is 2.29. The number of benzene rings is 2. The van der Waals surface area contributed by atoms with Crippen molar-refractivity contribution < 1.29 is 14.6 Å². The first-order chi connectivity index (χ1) is 15.4. The third-order valence-electron chi connectivity index (χ3n) is 5.21. The fraction of sp³-hybridized carbons (Fsp3) is 0.320. The molecular weight excluding hydrogens is 426 g/mol. The van der Waals surface area contributed by atoms with Crippen LogP contribution >= 0.6 is 11.6 Å². The molecule has 1 heterocycles. The number of carboxylic acid groups (broad SMARTS) is 1. The number of aryl methyl sites for hydroxylation is 1. The summed E-state index contributed by atoms with van der Waals surface area (Å²) in [7, 11) is 0. The van der Waals surface area contributed by atoms with Gasteiger partial charge in [0.1, 0.15) is 24.5 Å². The van der Waals surface area contributed by atoms with Crippen LogP contribution in [0.15, 0.2) is 48.8 Å². The van der Waals surface area contributed by atoms with E-state index in [0.29, 0.717) is 17.3 Å². The van der Waals surface area contributed by atoms with Crippen LogP contribution in [0.4, 0.5) is 5.82 Å². The van der Waals surface area contributed by atoms with Crippen LogP contribution in [0.3, 0.4) is 0 Å². The van der Waals surface area contributed by atoms with Gasteiger partial charge in [-0.2, -0.15) is 0 Å². The van der Waals surface area contributed by atoms with Gasteiger partial charge < -0.3 is 19.5 Å². The summed E-state index contributed by atoms with van der Waals surface area (Å²) in [5.41, 5.74) is 4.86. The summed E-state index contributed by atoms with van der Waals surface area (Å²) < 4.78 is 5.29. The Morgan fingerprint density at radius 3 is 2.53 bits per heavy atom. The molecule has 0 amide bonds. The van der Waals surface area contributed by atoms with Crippen LogP contribution in [-0.2, 0) is 11.3 Å². The molecule has 0 saturated heterocycles. The molecule has 0 aliphatic heterocycles. The number of unbranched alkanes of at least 4 members (excludes halogenated alkanes) is 1. The van der Waals surface area contributed by atoms with E-state index >= 15 is 0 Å². The summed E-state index contributed by atoms with van der Waals surface area (Å²) in [6.07, 6.45) is 3.71. The normalized spacial score (nSPS) is 10.8. The smallest absolute Gasteiger partial charge is 0.135 e. The number of halogens is 1. The SMILES string of the molecule is CCCCN(Cc1ccc(OCC(=O)[O-])c(C)c1)c1ncnc(-c2ccc(Cl)cc2)c1C. The summed E-state index contributed by atoms with van der Waals surface area (Å²) in [5, 5.41) is 11.4. The van der Waals surface area contributed by atoms with Crippen LogP contribution in [0, 0.1) is 13.8 Å². The fourth-order valence-electron chi connectivity index (χ4n) is 3.60. The molecule has 168 valence electrons. The first-order valence-electron chi connectivity index (χ1n) is 10.6. The minimum atomic E-state index is -1.24. The maximum absolute atomic E-state index is 10.7. The predicted octanol–water partition coefficient (Wildman–Crippen LogP) is 4.35. The highest BCUT2D eigenvalue weighted by atomic mass is 35.5. The monoisotopic (exact) mass is 452 g/mol. The molecule has 3 rings (SSSR count). The van der Waals surface area contributed by atoms with Crippen molar-refractivity contribution in [3.8, 4) is 17.0 Å². The Bertz CT molecular complexity index is 1070. The van der Waals surface area contributed by atoms with Crippen molar-refractivity contribution in [3.63, 3.8) is 0 Å². The molecule has 0 N–H and O–H groups in total. The van der Waals surface area contributed by atoms with Crippen molar-refractivity contribution in [3.05, 3.63) is 70.5 Å². The molecule has 7 heteroatoms. The molecule has 0 spiro atoms. The quantitative estimate of drug-likeness (QED) is 0.455. The zero-order chi connectivity index (χ0) is 23.1. The van der Waals surface area contributed by atoms with Crippen LogP contribution < -0.4 is 14.7 Å². The van der Waals surface area contributed by atoms with Crippen molar-refractivity contribution in [1.29, 1.82) is 0 Å². The largest absolute Gasteiger partial charge is 0.546 e. The van der Waals surface area contributed by atoms with Crippen molar-refractivity contribution in [2.75, 3.05) is 18.1 Å². The number of carboxylic acids is 1. The highest BCUT2D eigenvalue weighted by molar-refractivity contribution is 6.30. The summed E-state index contributed by atoms with van der Waals surface area (Å²) in [5.74, 6) is 0.199. The van der Waals surface area contributed by atoms with E-state index in [4.69, 9.17) is 16.3 Å². The molecule has 0 radical (unpaired) electrons. The van der Waals surface area contributed by atoms with E-state index < -0.39 is 12.6 Å². The highest BCUT2D eigenvalue weighted by Gasteiger charge is 2.16. The molecule has 2 aromatic carbocycles. The van der Waals surface area contributed by atoms with Gasteiger partial charge in [0, 0.05) is 29.2 Å². The molecule has 0 unspecified atom stereocenters. The zero-order valence-electron chi connectivity index (χ0n) is 18.6. The lowest BCUT2D eigenvalue weighted by Crippen LogP contribution is -2.29. The predicted molar refractivity (Wildman–Crippen MR) is 125 cm³/mol. The number of rotatable bonds is 10. The minimum Gasteiger partial charge on any atom is -0.546 e. The summed E-state index contributed by atoms with van der Waals surface area (Å²) in [6.45, 7) is 7.17. The number of aromatic nitrogens is 2. The van der Waals surface area contributed by atoms with E-state index in [2.05, 4.69) is 21.8 Å². The second-order valence-corrected chi connectivity index (χ2v) is 8.15. The average molecular weight is 453 g/mol. The van der Waals surface area contributed by atoms with Crippen molar-refractivity contribution in [2.24, 2.45) is 0 Å². The maximum atomic E-state index is 10.7. The standard InChI is InChI=1S/C25H28ClN3O3/c1-4-5-12-29(14-19-6-11-22(17(2)13-19)32-15-23(30)31)25-18(3)24(27-16-28-25)20-7-9-21(26)10-8-20/h6-11,13,16H,4-5,12,14-15H2,1-3H3,(H,30,31)/p-1. The number of ether oxygens (including phenoxy) is 1. The number of aliphatic carboxylic acids is 1.